The van der Waals surface area contributed by atoms with Crippen LogP contribution in [0.4, 0.5) is 5.69 Å². The lowest BCUT2D eigenvalue weighted by molar-refractivity contribution is 0.318. The Kier molecular flexibility index (Phi) is 3.92. The van der Waals surface area contributed by atoms with Crippen molar-refractivity contribution in [2.75, 3.05) is 11.9 Å². The molecule has 0 saturated carbocycles. The summed E-state index contributed by atoms with van der Waals surface area (Å²) in [5.74, 6) is 0.696. The Morgan fingerprint density at radius 1 is 1.24 bits per heavy atom. The van der Waals surface area contributed by atoms with Gasteiger partial charge in [-0.25, -0.2) is 4.98 Å². The van der Waals surface area contributed by atoms with Gasteiger partial charge in [0, 0.05) is 12.2 Å². The number of rotatable bonds is 5. The highest BCUT2D eigenvalue weighted by molar-refractivity contribution is 7.16. The number of fused-ring (bicyclic) bond motifs is 1. The first-order valence-corrected chi connectivity index (χ1v) is 7.66. The Hall–Kier alpha value is -2.27. The summed E-state index contributed by atoms with van der Waals surface area (Å²) in [5, 5.41) is 13.1. The quantitative estimate of drug-likeness (QED) is 0.747. The van der Waals surface area contributed by atoms with Crippen LogP contribution in [0, 0.1) is 0 Å². The molecule has 108 valence electrons. The third-order valence-corrected chi connectivity index (χ3v) is 3.94. The Balaban J connectivity index is 1.73. The lowest BCUT2D eigenvalue weighted by Crippen LogP contribution is -2.00. The highest BCUT2D eigenvalue weighted by atomic mass is 32.1. The van der Waals surface area contributed by atoms with Crippen molar-refractivity contribution in [2.45, 2.75) is 13.5 Å². The molecular formula is C16H16N2O2S. The fourth-order valence-electron chi connectivity index (χ4n) is 2.11. The van der Waals surface area contributed by atoms with Gasteiger partial charge in [0.15, 0.2) is 11.5 Å². The second-order valence-corrected chi connectivity index (χ2v) is 5.51. The molecule has 0 aliphatic rings. The SMILES string of the molecule is CCOc1cc(CNc2ccc3ncsc3c2)ccc1O. The number of hydrogen-bond acceptors (Lipinski definition) is 5. The molecule has 0 radical (unpaired) electrons. The van der Waals surface area contributed by atoms with Crippen LogP contribution in [0.5, 0.6) is 11.5 Å². The summed E-state index contributed by atoms with van der Waals surface area (Å²) < 4.78 is 6.56. The number of benzene rings is 2. The topological polar surface area (TPSA) is 54.4 Å². The number of phenols is 1. The number of thiazole rings is 1. The first-order chi connectivity index (χ1) is 10.3. The molecule has 3 rings (SSSR count). The van der Waals surface area contributed by atoms with Crippen LogP contribution in [0.25, 0.3) is 10.2 Å². The average molecular weight is 300 g/mol. The second kappa shape index (κ2) is 6.01. The van der Waals surface area contributed by atoms with Gasteiger partial charge in [-0.15, -0.1) is 11.3 Å². The second-order valence-electron chi connectivity index (χ2n) is 4.62. The van der Waals surface area contributed by atoms with E-state index in [4.69, 9.17) is 4.74 Å². The molecule has 0 saturated heterocycles. The fraction of sp³-hybridized carbons (Fsp3) is 0.188. The monoisotopic (exact) mass is 300 g/mol. The van der Waals surface area contributed by atoms with Gasteiger partial charge in [-0.3, -0.25) is 0 Å². The molecule has 1 aromatic heterocycles. The largest absolute Gasteiger partial charge is 0.504 e. The van der Waals surface area contributed by atoms with E-state index in [9.17, 15) is 5.11 Å². The van der Waals surface area contributed by atoms with Gasteiger partial charge in [-0.05, 0) is 42.8 Å². The molecule has 2 aromatic carbocycles. The van der Waals surface area contributed by atoms with E-state index < -0.39 is 0 Å². The summed E-state index contributed by atoms with van der Waals surface area (Å²) in [6.07, 6.45) is 0. The van der Waals surface area contributed by atoms with E-state index in [0.29, 0.717) is 18.9 Å². The minimum atomic E-state index is 0.173. The predicted octanol–water partition coefficient (Wildman–Crippen LogP) is 4.01. The van der Waals surface area contributed by atoms with E-state index in [1.807, 2.05) is 36.7 Å². The number of aromatic hydroxyl groups is 1. The Morgan fingerprint density at radius 3 is 3.00 bits per heavy atom. The third kappa shape index (κ3) is 3.08. The molecule has 0 aliphatic heterocycles. The van der Waals surface area contributed by atoms with Gasteiger partial charge in [0.25, 0.3) is 0 Å². The van der Waals surface area contributed by atoms with E-state index in [1.165, 1.54) is 4.70 Å². The van der Waals surface area contributed by atoms with Crippen molar-refractivity contribution in [3.8, 4) is 11.5 Å². The van der Waals surface area contributed by atoms with E-state index >= 15 is 0 Å². The van der Waals surface area contributed by atoms with E-state index in [2.05, 4.69) is 16.4 Å². The van der Waals surface area contributed by atoms with Crippen LogP contribution in [0.15, 0.2) is 41.9 Å². The number of ether oxygens (including phenoxy) is 1. The lowest BCUT2D eigenvalue weighted by atomic mass is 10.2. The summed E-state index contributed by atoms with van der Waals surface area (Å²) in [5.41, 5.74) is 4.98. The zero-order valence-corrected chi connectivity index (χ0v) is 12.5. The van der Waals surface area contributed by atoms with Crippen LogP contribution >= 0.6 is 11.3 Å². The smallest absolute Gasteiger partial charge is 0.161 e. The van der Waals surface area contributed by atoms with Gasteiger partial charge in [-0.2, -0.15) is 0 Å². The average Bonchev–Trinajstić information content (AvgIpc) is 2.96. The molecular weight excluding hydrogens is 284 g/mol. The Bertz CT molecular complexity index is 755. The maximum Gasteiger partial charge on any atom is 0.161 e. The van der Waals surface area contributed by atoms with Gasteiger partial charge in [0.05, 0.1) is 22.3 Å². The fourth-order valence-corrected chi connectivity index (χ4v) is 2.83. The number of hydrogen-bond donors (Lipinski definition) is 2. The van der Waals surface area contributed by atoms with E-state index in [1.54, 1.807) is 17.4 Å². The normalized spacial score (nSPS) is 10.7. The summed E-state index contributed by atoms with van der Waals surface area (Å²) >= 11 is 1.63. The van der Waals surface area contributed by atoms with Gasteiger partial charge < -0.3 is 15.2 Å². The van der Waals surface area contributed by atoms with Crippen LogP contribution in [-0.2, 0) is 6.54 Å². The number of nitrogens with one attached hydrogen (secondary N) is 1. The minimum Gasteiger partial charge on any atom is -0.504 e. The molecule has 2 N–H and O–H groups in total. The van der Waals surface area contributed by atoms with Crippen molar-refractivity contribution < 1.29 is 9.84 Å². The number of phenolic OH excluding ortho intramolecular Hbond substituents is 1. The molecule has 5 heteroatoms. The molecule has 0 fully saturated rings. The van der Waals surface area contributed by atoms with E-state index in [0.717, 1.165) is 16.8 Å². The first kappa shape index (κ1) is 13.7. The first-order valence-electron chi connectivity index (χ1n) is 6.78. The van der Waals surface area contributed by atoms with Crippen molar-refractivity contribution in [2.24, 2.45) is 0 Å². The molecule has 0 amide bonds. The Labute approximate surface area is 127 Å². The third-order valence-electron chi connectivity index (χ3n) is 3.15. The lowest BCUT2D eigenvalue weighted by Gasteiger charge is -2.10. The molecule has 0 atom stereocenters. The molecule has 0 aliphatic carbocycles. The van der Waals surface area contributed by atoms with Crippen molar-refractivity contribution in [1.29, 1.82) is 0 Å². The summed E-state index contributed by atoms with van der Waals surface area (Å²) in [4.78, 5) is 4.27. The summed E-state index contributed by atoms with van der Waals surface area (Å²) in [7, 11) is 0. The predicted molar refractivity (Wildman–Crippen MR) is 86.2 cm³/mol. The van der Waals surface area contributed by atoms with Gasteiger partial charge in [0.2, 0.25) is 0 Å². The van der Waals surface area contributed by atoms with Gasteiger partial charge in [-0.1, -0.05) is 6.07 Å². The standard InChI is InChI=1S/C16H16N2O2S/c1-2-20-15-7-11(3-6-14(15)19)9-17-12-4-5-13-16(8-12)21-10-18-13/h3-8,10,17,19H,2,9H2,1H3. The minimum absolute atomic E-state index is 0.173. The maximum absolute atomic E-state index is 9.70. The molecule has 0 spiro atoms. The zero-order valence-electron chi connectivity index (χ0n) is 11.7. The van der Waals surface area contributed by atoms with Crippen LogP contribution in [0.2, 0.25) is 0 Å². The molecule has 3 aromatic rings. The van der Waals surface area contributed by atoms with Crippen LogP contribution < -0.4 is 10.1 Å². The highest BCUT2D eigenvalue weighted by Gasteiger charge is 2.04. The molecule has 0 unspecified atom stereocenters. The molecule has 21 heavy (non-hydrogen) atoms. The Morgan fingerprint density at radius 2 is 2.14 bits per heavy atom. The summed E-state index contributed by atoms with van der Waals surface area (Å²) in [6.45, 7) is 3.10. The number of aromatic nitrogens is 1. The number of anilines is 1. The van der Waals surface area contributed by atoms with Crippen LogP contribution in [0.3, 0.4) is 0 Å². The van der Waals surface area contributed by atoms with Crippen molar-refractivity contribution in [1.82, 2.24) is 4.98 Å². The molecule has 4 nitrogen and oxygen atoms in total. The van der Waals surface area contributed by atoms with Crippen molar-refractivity contribution in [3.63, 3.8) is 0 Å². The van der Waals surface area contributed by atoms with Crippen molar-refractivity contribution in [3.05, 3.63) is 47.5 Å². The van der Waals surface area contributed by atoms with Gasteiger partial charge >= 0.3 is 0 Å². The highest BCUT2D eigenvalue weighted by Crippen LogP contribution is 2.27. The van der Waals surface area contributed by atoms with E-state index in [-0.39, 0.29) is 5.75 Å². The van der Waals surface area contributed by atoms with Gasteiger partial charge in [0.1, 0.15) is 0 Å². The van der Waals surface area contributed by atoms with Crippen LogP contribution in [0.1, 0.15) is 12.5 Å². The number of nitrogens with zero attached hydrogens (tertiary/aromatic N) is 1. The molecule has 0 bridgehead atoms. The maximum atomic E-state index is 9.70. The molecule has 1 heterocycles. The van der Waals surface area contributed by atoms with Crippen LogP contribution in [-0.4, -0.2) is 16.7 Å². The zero-order chi connectivity index (χ0) is 14.7. The van der Waals surface area contributed by atoms with Crippen molar-refractivity contribution >= 4 is 27.2 Å². The summed E-state index contributed by atoms with van der Waals surface area (Å²) in [6, 6.07) is 11.5.